The highest BCUT2D eigenvalue weighted by molar-refractivity contribution is 7.22. The first kappa shape index (κ1) is 22.9. The Balaban J connectivity index is 0.00000300. The number of aromatic nitrogens is 1. The third kappa shape index (κ3) is 5.38. The summed E-state index contributed by atoms with van der Waals surface area (Å²) in [5.41, 5.74) is 2.58. The number of benzene rings is 2. The molecular formula is C21H26ClN3O3S. The first-order chi connectivity index (χ1) is 13.4. The molecule has 2 aromatic carbocycles. The van der Waals surface area contributed by atoms with E-state index >= 15 is 0 Å². The van der Waals surface area contributed by atoms with Crippen molar-refractivity contribution in [3.8, 4) is 11.5 Å². The van der Waals surface area contributed by atoms with Crippen molar-refractivity contribution in [1.82, 2.24) is 9.88 Å². The van der Waals surface area contributed by atoms with Gasteiger partial charge >= 0.3 is 0 Å². The van der Waals surface area contributed by atoms with Crippen LogP contribution in [0.5, 0.6) is 11.5 Å². The second kappa shape index (κ2) is 9.91. The Labute approximate surface area is 181 Å². The van der Waals surface area contributed by atoms with Crippen LogP contribution in [0.25, 0.3) is 10.2 Å². The Morgan fingerprint density at radius 2 is 1.69 bits per heavy atom. The van der Waals surface area contributed by atoms with Gasteiger partial charge in [-0.3, -0.25) is 9.69 Å². The lowest BCUT2D eigenvalue weighted by Gasteiger charge is -2.22. The molecule has 1 heterocycles. The van der Waals surface area contributed by atoms with Crippen LogP contribution in [0.4, 0.5) is 5.13 Å². The smallest absolute Gasteiger partial charge is 0.260 e. The molecular weight excluding hydrogens is 410 g/mol. The minimum absolute atomic E-state index is 0. The number of hydrogen-bond donors (Lipinski definition) is 0. The van der Waals surface area contributed by atoms with Crippen LogP contribution in [-0.4, -0.2) is 57.2 Å². The van der Waals surface area contributed by atoms with Crippen LogP contribution in [0.3, 0.4) is 0 Å². The molecule has 0 radical (unpaired) electrons. The Bertz CT molecular complexity index is 968. The average molecular weight is 436 g/mol. The molecule has 1 amide bonds. The van der Waals surface area contributed by atoms with Crippen molar-refractivity contribution in [3.63, 3.8) is 0 Å². The van der Waals surface area contributed by atoms with E-state index in [0.717, 1.165) is 16.8 Å². The maximum absolute atomic E-state index is 13.4. The summed E-state index contributed by atoms with van der Waals surface area (Å²) in [5.74, 6) is 1.03. The molecule has 6 nitrogen and oxygen atoms in total. The topological polar surface area (TPSA) is 54.9 Å². The number of thiazole rings is 1. The van der Waals surface area contributed by atoms with Crippen molar-refractivity contribution in [2.75, 3.05) is 46.3 Å². The number of hydrogen-bond acceptors (Lipinski definition) is 6. The summed E-state index contributed by atoms with van der Waals surface area (Å²) in [6, 6.07) is 11.3. The molecule has 0 bridgehead atoms. The molecule has 3 aromatic rings. The monoisotopic (exact) mass is 435 g/mol. The number of aryl methyl sites for hydroxylation is 1. The lowest BCUT2D eigenvalue weighted by Crippen LogP contribution is -2.36. The van der Waals surface area contributed by atoms with E-state index in [0.29, 0.717) is 28.7 Å². The summed E-state index contributed by atoms with van der Waals surface area (Å²) in [6.07, 6.45) is 0. The minimum atomic E-state index is -0.130. The number of amides is 1. The second-order valence-corrected chi connectivity index (χ2v) is 7.84. The van der Waals surface area contributed by atoms with Crippen LogP contribution in [0, 0.1) is 6.92 Å². The van der Waals surface area contributed by atoms with Gasteiger partial charge in [-0.25, -0.2) is 4.98 Å². The van der Waals surface area contributed by atoms with E-state index in [1.165, 1.54) is 16.9 Å². The van der Waals surface area contributed by atoms with Gasteiger partial charge in [-0.05, 0) is 50.8 Å². The number of nitrogens with zero attached hydrogens (tertiary/aromatic N) is 3. The van der Waals surface area contributed by atoms with Crippen molar-refractivity contribution in [2.24, 2.45) is 0 Å². The molecule has 0 aliphatic carbocycles. The third-order valence-corrected chi connectivity index (χ3v) is 5.42. The van der Waals surface area contributed by atoms with Gasteiger partial charge in [-0.1, -0.05) is 17.4 Å². The van der Waals surface area contributed by atoms with E-state index in [1.54, 1.807) is 37.3 Å². The Hall–Kier alpha value is -2.35. The van der Waals surface area contributed by atoms with Crippen molar-refractivity contribution >= 4 is 45.0 Å². The standard InChI is InChI=1S/C21H25N3O3S.ClH/c1-14-6-7-18-19(10-14)28-21(22-18)24(9-8-23(2)3)20(25)15-11-16(26-4)13-17(12-15)27-5;/h6-7,10-13H,8-9H2,1-5H3;1H. The summed E-state index contributed by atoms with van der Waals surface area (Å²) in [4.78, 5) is 21.9. The van der Waals surface area contributed by atoms with E-state index in [9.17, 15) is 4.79 Å². The van der Waals surface area contributed by atoms with Crippen molar-refractivity contribution in [2.45, 2.75) is 6.92 Å². The van der Waals surface area contributed by atoms with E-state index in [4.69, 9.17) is 14.5 Å². The molecule has 0 fully saturated rings. The highest BCUT2D eigenvalue weighted by Gasteiger charge is 2.22. The summed E-state index contributed by atoms with van der Waals surface area (Å²) < 4.78 is 11.7. The van der Waals surface area contributed by atoms with Gasteiger partial charge in [0.15, 0.2) is 5.13 Å². The molecule has 8 heteroatoms. The molecule has 0 atom stereocenters. The number of methoxy groups -OCH3 is 2. The van der Waals surface area contributed by atoms with Gasteiger partial charge in [0, 0.05) is 24.7 Å². The van der Waals surface area contributed by atoms with Crippen LogP contribution in [0.1, 0.15) is 15.9 Å². The molecule has 0 spiro atoms. The van der Waals surface area contributed by atoms with Crippen LogP contribution in [-0.2, 0) is 0 Å². The predicted molar refractivity (Wildman–Crippen MR) is 121 cm³/mol. The minimum Gasteiger partial charge on any atom is -0.497 e. The first-order valence-electron chi connectivity index (χ1n) is 8.98. The number of likely N-dealkylation sites (N-methyl/N-ethyl adjacent to an activating group) is 1. The molecule has 3 rings (SSSR count). The molecule has 0 aliphatic rings. The fraction of sp³-hybridized carbons (Fsp3) is 0.333. The molecule has 0 aliphatic heterocycles. The SMILES string of the molecule is COc1cc(OC)cc(C(=O)N(CCN(C)C)c2nc3ccc(C)cc3s2)c1.Cl. The quantitative estimate of drug-likeness (QED) is 0.555. The maximum Gasteiger partial charge on any atom is 0.260 e. The van der Waals surface area contributed by atoms with E-state index in [-0.39, 0.29) is 18.3 Å². The largest absolute Gasteiger partial charge is 0.497 e. The number of carbonyl (C=O) groups excluding carboxylic acids is 1. The van der Waals surface area contributed by atoms with Gasteiger partial charge in [-0.2, -0.15) is 0 Å². The van der Waals surface area contributed by atoms with Gasteiger partial charge < -0.3 is 14.4 Å². The number of carbonyl (C=O) groups is 1. The van der Waals surface area contributed by atoms with Crippen molar-refractivity contribution in [1.29, 1.82) is 0 Å². The van der Waals surface area contributed by atoms with E-state index in [1.807, 2.05) is 31.1 Å². The van der Waals surface area contributed by atoms with Gasteiger partial charge in [0.05, 0.1) is 24.4 Å². The summed E-state index contributed by atoms with van der Waals surface area (Å²) in [6.45, 7) is 3.31. The number of ether oxygens (including phenoxy) is 2. The van der Waals surface area contributed by atoms with E-state index < -0.39 is 0 Å². The molecule has 0 saturated heterocycles. The van der Waals surface area contributed by atoms with Gasteiger partial charge in [-0.15, -0.1) is 12.4 Å². The van der Waals surface area contributed by atoms with Gasteiger partial charge in [0.2, 0.25) is 0 Å². The number of halogens is 1. The highest BCUT2D eigenvalue weighted by atomic mass is 35.5. The zero-order valence-corrected chi connectivity index (χ0v) is 18.9. The molecule has 0 saturated carbocycles. The molecule has 0 N–H and O–H groups in total. The van der Waals surface area contributed by atoms with Gasteiger partial charge in [0.25, 0.3) is 5.91 Å². The maximum atomic E-state index is 13.4. The van der Waals surface area contributed by atoms with Crippen LogP contribution in [0.2, 0.25) is 0 Å². The fourth-order valence-corrected chi connectivity index (χ4v) is 3.89. The summed E-state index contributed by atoms with van der Waals surface area (Å²) in [7, 11) is 7.11. The second-order valence-electron chi connectivity index (χ2n) is 6.83. The predicted octanol–water partition coefficient (Wildman–Crippen LogP) is 4.25. The normalized spacial score (nSPS) is 10.7. The lowest BCUT2D eigenvalue weighted by molar-refractivity contribution is 0.0984. The Morgan fingerprint density at radius 3 is 2.28 bits per heavy atom. The zero-order chi connectivity index (χ0) is 20.3. The van der Waals surface area contributed by atoms with Crippen molar-refractivity contribution in [3.05, 3.63) is 47.5 Å². The van der Waals surface area contributed by atoms with Crippen LogP contribution >= 0.6 is 23.7 Å². The molecule has 156 valence electrons. The molecule has 0 unspecified atom stereocenters. The first-order valence-corrected chi connectivity index (χ1v) is 9.80. The summed E-state index contributed by atoms with van der Waals surface area (Å²) in [5, 5.41) is 0.689. The summed E-state index contributed by atoms with van der Waals surface area (Å²) >= 11 is 1.53. The van der Waals surface area contributed by atoms with Crippen LogP contribution < -0.4 is 14.4 Å². The van der Waals surface area contributed by atoms with Crippen molar-refractivity contribution < 1.29 is 14.3 Å². The number of anilines is 1. The number of rotatable bonds is 7. The molecule has 29 heavy (non-hydrogen) atoms. The van der Waals surface area contributed by atoms with Gasteiger partial charge in [0.1, 0.15) is 11.5 Å². The van der Waals surface area contributed by atoms with E-state index in [2.05, 4.69) is 13.0 Å². The fourth-order valence-electron chi connectivity index (χ4n) is 2.81. The molecule has 1 aromatic heterocycles. The lowest BCUT2D eigenvalue weighted by atomic mass is 10.1. The third-order valence-electron chi connectivity index (χ3n) is 4.38. The Kier molecular flexibility index (Phi) is 7.84. The zero-order valence-electron chi connectivity index (χ0n) is 17.3. The Morgan fingerprint density at radius 1 is 1.03 bits per heavy atom. The highest BCUT2D eigenvalue weighted by Crippen LogP contribution is 2.31. The number of fused-ring (bicyclic) bond motifs is 1. The average Bonchev–Trinajstić information content (AvgIpc) is 3.09. The van der Waals surface area contributed by atoms with Crippen LogP contribution in [0.15, 0.2) is 36.4 Å².